The maximum atomic E-state index is 12.4. The molecule has 0 unspecified atom stereocenters. The molecule has 0 saturated heterocycles. The monoisotopic (exact) mass is 394 g/mol. The molecule has 150 valence electrons. The summed E-state index contributed by atoms with van der Waals surface area (Å²) < 4.78 is 10.8. The minimum atomic E-state index is -0.742. The Morgan fingerprint density at radius 1 is 1.07 bits per heavy atom. The van der Waals surface area contributed by atoms with Crippen molar-refractivity contribution in [2.24, 2.45) is 0 Å². The average molecular weight is 394 g/mol. The number of furan rings is 1. The smallest absolute Gasteiger partial charge is 0.375 e. The Morgan fingerprint density at radius 3 is 2.62 bits per heavy atom. The zero-order valence-electron chi connectivity index (χ0n) is 16.1. The molecular weight excluding hydrogens is 372 g/mol. The Labute approximate surface area is 167 Å². The van der Waals surface area contributed by atoms with E-state index >= 15 is 0 Å². The number of hydrogen-bond donors (Lipinski definition) is 2. The summed E-state index contributed by atoms with van der Waals surface area (Å²) >= 11 is 0. The molecule has 0 spiro atoms. The van der Waals surface area contributed by atoms with Crippen molar-refractivity contribution in [1.82, 2.24) is 10.6 Å². The molecule has 3 aromatic rings. The molecule has 0 atom stereocenters. The largest absolute Gasteiger partial charge is 0.450 e. The van der Waals surface area contributed by atoms with Gasteiger partial charge in [0.1, 0.15) is 5.58 Å². The van der Waals surface area contributed by atoms with Crippen LogP contribution >= 0.6 is 0 Å². The van der Waals surface area contributed by atoms with Gasteiger partial charge in [0.15, 0.2) is 6.61 Å². The zero-order chi connectivity index (χ0) is 20.4. The van der Waals surface area contributed by atoms with Crippen LogP contribution in [0, 0.1) is 6.92 Å². The summed E-state index contributed by atoms with van der Waals surface area (Å²) in [5, 5.41) is 7.64. The van der Waals surface area contributed by atoms with Crippen molar-refractivity contribution < 1.29 is 23.5 Å². The van der Waals surface area contributed by atoms with Gasteiger partial charge in [0.2, 0.25) is 5.76 Å². The first kappa shape index (κ1) is 19.0. The molecule has 0 radical (unpaired) electrons. The van der Waals surface area contributed by atoms with Crippen LogP contribution in [0.25, 0.3) is 21.7 Å². The third kappa shape index (κ3) is 3.94. The Balaban J connectivity index is 1.41. The lowest BCUT2D eigenvalue weighted by Crippen LogP contribution is -2.45. The Morgan fingerprint density at radius 2 is 1.83 bits per heavy atom. The lowest BCUT2D eigenvalue weighted by molar-refractivity contribution is -0.123. The molecule has 1 heterocycles. The van der Waals surface area contributed by atoms with Crippen molar-refractivity contribution >= 4 is 39.6 Å². The van der Waals surface area contributed by atoms with E-state index in [0.717, 1.165) is 41.8 Å². The molecule has 7 heteroatoms. The molecule has 1 fully saturated rings. The molecule has 1 aromatic heterocycles. The van der Waals surface area contributed by atoms with Crippen LogP contribution in [0.4, 0.5) is 4.79 Å². The Bertz CT molecular complexity index is 1100. The molecule has 1 saturated carbocycles. The van der Waals surface area contributed by atoms with Crippen molar-refractivity contribution in [2.75, 3.05) is 6.61 Å². The van der Waals surface area contributed by atoms with E-state index in [-0.39, 0.29) is 11.8 Å². The van der Waals surface area contributed by atoms with Gasteiger partial charge >= 0.3 is 12.0 Å². The Kier molecular flexibility index (Phi) is 5.20. The van der Waals surface area contributed by atoms with Crippen LogP contribution in [0.5, 0.6) is 0 Å². The number of rotatable bonds is 4. The average Bonchev–Trinajstić information content (AvgIpc) is 3.34. The second-order valence-corrected chi connectivity index (χ2v) is 7.30. The maximum Gasteiger partial charge on any atom is 0.375 e. The molecule has 1 aliphatic rings. The first-order chi connectivity index (χ1) is 14.0. The van der Waals surface area contributed by atoms with Crippen LogP contribution in [0.1, 0.15) is 41.8 Å². The number of amides is 3. The van der Waals surface area contributed by atoms with Crippen LogP contribution in [-0.2, 0) is 9.53 Å². The van der Waals surface area contributed by atoms with Gasteiger partial charge in [-0.2, -0.15) is 0 Å². The molecule has 0 aliphatic heterocycles. The molecule has 2 aromatic carbocycles. The number of hydrogen-bond acceptors (Lipinski definition) is 5. The fourth-order valence-corrected chi connectivity index (χ4v) is 3.79. The molecule has 1 aliphatic carbocycles. The number of urea groups is 1. The van der Waals surface area contributed by atoms with E-state index in [4.69, 9.17) is 9.15 Å². The van der Waals surface area contributed by atoms with Crippen LogP contribution in [0.15, 0.2) is 40.8 Å². The van der Waals surface area contributed by atoms with E-state index in [2.05, 4.69) is 10.6 Å². The van der Waals surface area contributed by atoms with E-state index < -0.39 is 24.5 Å². The predicted octanol–water partition coefficient (Wildman–Crippen LogP) is 3.82. The van der Waals surface area contributed by atoms with Gasteiger partial charge in [-0.3, -0.25) is 10.1 Å². The van der Waals surface area contributed by atoms with Gasteiger partial charge in [-0.1, -0.05) is 49.2 Å². The number of benzene rings is 2. The molecular formula is C22H22N2O5. The van der Waals surface area contributed by atoms with Gasteiger partial charge in [-0.25, -0.2) is 9.59 Å². The maximum absolute atomic E-state index is 12.4. The van der Waals surface area contributed by atoms with Crippen LogP contribution < -0.4 is 10.6 Å². The van der Waals surface area contributed by atoms with Gasteiger partial charge in [0.05, 0.1) is 0 Å². The van der Waals surface area contributed by atoms with Crippen LogP contribution in [0.2, 0.25) is 0 Å². The number of imide groups is 1. The number of ether oxygens (including phenoxy) is 1. The minimum absolute atomic E-state index is 0.0551. The molecule has 7 nitrogen and oxygen atoms in total. The van der Waals surface area contributed by atoms with E-state index in [0.29, 0.717) is 11.1 Å². The van der Waals surface area contributed by atoms with Gasteiger partial charge < -0.3 is 14.5 Å². The van der Waals surface area contributed by atoms with E-state index in [9.17, 15) is 14.4 Å². The summed E-state index contributed by atoms with van der Waals surface area (Å²) in [6.45, 7) is 1.21. The van der Waals surface area contributed by atoms with E-state index in [1.807, 2.05) is 36.4 Å². The van der Waals surface area contributed by atoms with Gasteiger partial charge in [0, 0.05) is 22.4 Å². The van der Waals surface area contributed by atoms with Gasteiger partial charge in [0.25, 0.3) is 5.91 Å². The molecule has 0 bridgehead atoms. The highest BCUT2D eigenvalue weighted by atomic mass is 16.5. The third-order valence-corrected chi connectivity index (χ3v) is 5.29. The summed E-state index contributed by atoms with van der Waals surface area (Å²) in [6, 6.07) is 11.1. The number of fused-ring (bicyclic) bond motifs is 3. The number of aryl methyl sites for hydroxylation is 1. The highest BCUT2D eigenvalue weighted by Gasteiger charge is 2.22. The standard InChI is InChI=1S/C22H22N2O5/c1-13-16-11-10-14-6-2-5-9-17(14)20(16)29-19(13)21(26)28-12-18(25)24-22(27)23-15-7-3-4-8-15/h2,5-6,9-11,15H,3-4,7-8,12H2,1H3,(H2,23,24,25,27). The summed E-state index contributed by atoms with van der Waals surface area (Å²) in [4.78, 5) is 36.2. The van der Waals surface area contributed by atoms with Crippen LogP contribution in [-0.4, -0.2) is 30.6 Å². The second-order valence-electron chi connectivity index (χ2n) is 7.30. The summed E-state index contributed by atoms with van der Waals surface area (Å²) in [5.74, 6) is -1.37. The highest BCUT2D eigenvalue weighted by Crippen LogP contribution is 2.32. The SMILES string of the molecule is Cc1c(C(=O)OCC(=O)NC(=O)NC2CCCC2)oc2c1ccc1ccccc12. The number of carbonyl (C=O) groups excluding carboxylic acids is 3. The van der Waals surface area contributed by atoms with E-state index in [1.54, 1.807) is 6.92 Å². The normalized spacial score (nSPS) is 14.2. The third-order valence-electron chi connectivity index (χ3n) is 5.29. The first-order valence-corrected chi connectivity index (χ1v) is 9.71. The first-order valence-electron chi connectivity index (χ1n) is 9.71. The quantitative estimate of drug-likeness (QED) is 0.656. The Hall–Kier alpha value is -3.35. The van der Waals surface area contributed by atoms with Crippen molar-refractivity contribution in [3.05, 3.63) is 47.7 Å². The number of nitrogens with one attached hydrogen (secondary N) is 2. The summed E-state index contributed by atoms with van der Waals surface area (Å²) in [5.41, 5.74) is 1.25. The van der Waals surface area contributed by atoms with E-state index in [1.165, 1.54) is 0 Å². The fourth-order valence-electron chi connectivity index (χ4n) is 3.79. The van der Waals surface area contributed by atoms with Crippen LogP contribution in [0.3, 0.4) is 0 Å². The lowest BCUT2D eigenvalue weighted by Gasteiger charge is -2.12. The number of esters is 1. The lowest BCUT2D eigenvalue weighted by atomic mass is 10.1. The van der Waals surface area contributed by atoms with Crippen molar-refractivity contribution in [2.45, 2.75) is 38.6 Å². The minimum Gasteiger partial charge on any atom is -0.450 e. The van der Waals surface area contributed by atoms with Crippen molar-refractivity contribution in [3.8, 4) is 0 Å². The zero-order valence-corrected chi connectivity index (χ0v) is 16.1. The molecule has 4 rings (SSSR count). The van der Waals surface area contributed by atoms with Crippen molar-refractivity contribution in [1.29, 1.82) is 0 Å². The molecule has 29 heavy (non-hydrogen) atoms. The van der Waals surface area contributed by atoms with Gasteiger partial charge in [-0.15, -0.1) is 0 Å². The number of carbonyl (C=O) groups is 3. The topological polar surface area (TPSA) is 97.6 Å². The predicted molar refractivity (Wildman–Crippen MR) is 108 cm³/mol. The highest BCUT2D eigenvalue weighted by molar-refractivity contribution is 6.08. The fraction of sp³-hybridized carbons (Fsp3) is 0.318. The summed E-state index contributed by atoms with van der Waals surface area (Å²) in [6.07, 6.45) is 3.97. The summed E-state index contributed by atoms with van der Waals surface area (Å²) in [7, 11) is 0. The second kappa shape index (κ2) is 7.95. The molecule has 2 N–H and O–H groups in total. The molecule has 3 amide bonds. The van der Waals surface area contributed by atoms with Gasteiger partial charge in [-0.05, 0) is 25.2 Å². The van der Waals surface area contributed by atoms with Crippen molar-refractivity contribution in [3.63, 3.8) is 0 Å².